The number of amides is 1. The lowest BCUT2D eigenvalue weighted by Gasteiger charge is -2.11. The van der Waals surface area contributed by atoms with Crippen LogP contribution in [0.1, 0.15) is 5.56 Å². The maximum Gasteiger partial charge on any atom is 0.257 e. The van der Waals surface area contributed by atoms with E-state index in [-0.39, 0.29) is 11.7 Å². The van der Waals surface area contributed by atoms with E-state index >= 15 is 0 Å². The van der Waals surface area contributed by atoms with Gasteiger partial charge in [-0.3, -0.25) is 4.79 Å². The zero-order valence-electron chi connectivity index (χ0n) is 14.2. The third kappa shape index (κ3) is 4.06. The van der Waals surface area contributed by atoms with Gasteiger partial charge in [0.1, 0.15) is 17.0 Å². The normalized spacial score (nSPS) is 10.7. The van der Waals surface area contributed by atoms with Crippen LogP contribution < -0.4 is 14.8 Å². The smallest absolute Gasteiger partial charge is 0.257 e. The van der Waals surface area contributed by atoms with Crippen LogP contribution in [-0.4, -0.2) is 30.9 Å². The first-order valence-corrected chi connectivity index (χ1v) is 8.59. The number of nitrogens with zero attached hydrogens (tertiary/aromatic N) is 1. The number of benzene rings is 2. The Morgan fingerprint density at radius 2 is 2.04 bits per heavy atom. The second-order valence-electron chi connectivity index (χ2n) is 5.35. The van der Waals surface area contributed by atoms with Gasteiger partial charge in [-0.05, 0) is 36.8 Å². The second-order valence-corrected chi connectivity index (χ2v) is 6.28. The molecular weight excluding hydrogens is 340 g/mol. The summed E-state index contributed by atoms with van der Waals surface area (Å²) in [4.78, 5) is 16.6. The zero-order chi connectivity index (χ0) is 17.8. The number of rotatable bonds is 6. The predicted molar refractivity (Wildman–Crippen MR) is 97.6 cm³/mol. The van der Waals surface area contributed by atoms with Gasteiger partial charge >= 0.3 is 0 Å². The Balaban J connectivity index is 1.66. The minimum Gasteiger partial charge on any atom is -0.497 e. The van der Waals surface area contributed by atoms with Crippen molar-refractivity contribution in [3.8, 4) is 11.5 Å². The van der Waals surface area contributed by atoms with Crippen molar-refractivity contribution in [1.82, 2.24) is 4.98 Å². The summed E-state index contributed by atoms with van der Waals surface area (Å²) in [5.74, 6) is 1.19. The maximum atomic E-state index is 12.2. The Kier molecular flexibility index (Phi) is 5.14. The summed E-state index contributed by atoms with van der Waals surface area (Å²) in [6.45, 7) is 1.99. The van der Waals surface area contributed by atoms with E-state index in [1.165, 1.54) is 11.8 Å². The van der Waals surface area contributed by atoms with E-state index in [1.807, 2.05) is 25.1 Å². The van der Waals surface area contributed by atoms with Crippen molar-refractivity contribution in [3.63, 3.8) is 0 Å². The molecule has 6 nitrogen and oxygen atoms in total. The van der Waals surface area contributed by atoms with Crippen LogP contribution >= 0.6 is 11.8 Å². The molecule has 1 N–H and O–H groups in total. The Morgan fingerprint density at radius 3 is 2.80 bits per heavy atom. The van der Waals surface area contributed by atoms with Crippen LogP contribution in [0.15, 0.2) is 46.0 Å². The lowest BCUT2D eigenvalue weighted by Crippen LogP contribution is -2.14. The summed E-state index contributed by atoms with van der Waals surface area (Å²) < 4.78 is 16.1. The molecule has 0 radical (unpaired) electrons. The molecule has 0 aliphatic heterocycles. The Bertz CT molecular complexity index is 907. The van der Waals surface area contributed by atoms with Gasteiger partial charge in [0.25, 0.3) is 5.22 Å². The van der Waals surface area contributed by atoms with Crippen LogP contribution in [0, 0.1) is 6.92 Å². The Morgan fingerprint density at radius 1 is 1.20 bits per heavy atom. The van der Waals surface area contributed by atoms with Gasteiger partial charge in [-0.1, -0.05) is 17.8 Å². The molecule has 1 heterocycles. The summed E-state index contributed by atoms with van der Waals surface area (Å²) >= 11 is 1.24. The first-order valence-electron chi connectivity index (χ1n) is 7.61. The van der Waals surface area contributed by atoms with E-state index in [4.69, 9.17) is 13.9 Å². The number of carbonyl (C=O) groups excluding carboxylic acids is 1. The van der Waals surface area contributed by atoms with Gasteiger partial charge in [-0.25, -0.2) is 4.98 Å². The second kappa shape index (κ2) is 7.48. The molecule has 1 amide bonds. The number of aryl methyl sites for hydroxylation is 1. The fraction of sp³-hybridized carbons (Fsp3) is 0.222. The molecule has 0 saturated carbocycles. The van der Waals surface area contributed by atoms with Crippen LogP contribution in [0.2, 0.25) is 0 Å². The van der Waals surface area contributed by atoms with E-state index < -0.39 is 0 Å². The molecular formula is C18H18N2O4S. The lowest BCUT2D eigenvalue weighted by atomic mass is 10.2. The number of nitrogens with one attached hydrogen (secondary N) is 1. The Labute approximate surface area is 149 Å². The monoisotopic (exact) mass is 358 g/mol. The number of hydrogen-bond acceptors (Lipinski definition) is 6. The highest BCUT2D eigenvalue weighted by atomic mass is 32.2. The number of ether oxygens (including phenoxy) is 2. The van der Waals surface area contributed by atoms with Gasteiger partial charge in [-0.2, -0.15) is 0 Å². The molecule has 0 atom stereocenters. The molecule has 7 heteroatoms. The fourth-order valence-electron chi connectivity index (χ4n) is 2.30. The number of fused-ring (bicyclic) bond motifs is 1. The van der Waals surface area contributed by atoms with Crippen molar-refractivity contribution < 1.29 is 18.7 Å². The van der Waals surface area contributed by atoms with Crippen molar-refractivity contribution >= 4 is 34.5 Å². The molecule has 0 aliphatic rings. The largest absolute Gasteiger partial charge is 0.497 e. The van der Waals surface area contributed by atoms with E-state index in [2.05, 4.69) is 10.3 Å². The number of anilines is 1. The third-order valence-electron chi connectivity index (χ3n) is 3.53. The summed E-state index contributed by atoms with van der Waals surface area (Å²) in [5, 5.41) is 3.28. The molecule has 130 valence electrons. The molecule has 2 aromatic carbocycles. The molecule has 0 saturated heterocycles. The molecule has 25 heavy (non-hydrogen) atoms. The number of aromatic nitrogens is 1. The Hall–Kier alpha value is -2.67. The number of carbonyl (C=O) groups is 1. The number of oxazole rings is 1. The molecule has 3 rings (SSSR count). The molecule has 3 aromatic rings. The summed E-state index contributed by atoms with van der Waals surface area (Å²) in [7, 11) is 3.12. The van der Waals surface area contributed by atoms with Gasteiger partial charge in [0.15, 0.2) is 5.58 Å². The van der Waals surface area contributed by atoms with Crippen molar-refractivity contribution in [2.45, 2.75) is 12.1 Å². The van der Waals surface area contributed by atoms with Gasteiger partial charge in [0, 0.05) is 6.07 Å². The van der Waals surface area contributed by atoms with Crippen LogP contribution in [-0.2, 0) is 4.79 Å². The van der Waals surface area contributed by atoms with Gasteiger partial charge in [-0.15, -0.1) is 0 Å². The minimum atomic E-state index is -0.185. The molecule has 0 unspecified atom stereocenters. The topological polar surface area (TPSA) is 73.6 Å². The first kappa shape index (κ1) is 17.2. The van der Waals surface area contributed by atoms with E-state index in [9.17, 15) is 4.79 Å². The zero-order valence-corrected chi connectivity index (χ0v) is 15.0. The van der Waals surface area contributed by atoms with Crippen molar-refractivity contribution in [3.05, 3.63) is 42.0 Å². The standard InChI is InChI=1S/C18H18N2O4S/c1-11-4-6-13-16(8-11)24-18(20-13)25-10-17(21)19-14-9-12(22-2)5-7-15(14)23-3/h4-9H,10H2,1-3H3,(H,19,21). The fourth-order valence-corrected chi connectivity index (χ4v) is 2.94. The highest BCUT2D eigenvalue weighted by Crippen LogP contribution is 2.29. The van der Waals surface area contributed by atoms with Crippen molar-refractivity contribution in [2.75, 3.05) is 25.3 Å². The van der Waals surface area contributed by atoms with Gasteiger partial charge in [0.2, 0.25) is 5.91 Å². The summed E-state index contributed by atoms with van der Waals surface area (Å²) in [6.07, 6.45) is 0. The van der Waals surface area contributed by atoms with E-state index in [1.54, 1.807) is 32.4 Å². The number of thioether (sulfide) groups is 1. The third-order valence-corrected chi connectivity index (χ3v) is 4.36. The quantitative estimate of drug-likeness (QED) is 0.674. The lowest BCUT2D eigenvalue weighted by molar-refractivity contribution is -0.113. The SMILES string of the molecule is COc1ccc(OC)c(NC(=O)CSc2nc3ccc(C)cc3o2)c1. The predicted octanol–water partition coefficient (Wildman–Crippen LogP) is 3.88. The molecule has 0 spiro atoms. The summed E-state index contributed by atoms with van der Waals surface area (Å²) in [6, 6.07) is 11.0. The molecule has 1 aromatic heterocycles. The minimum absolute atomic E-state index is 0.173. The highest BCUT2D eigenvalue weighted by molar-refractivity contribution is 7.99. The molecule has 0 aliphatic carbocycles. The molecule has 0 bridgehead atoms. The van der Waals surface area contributed by atoms with Gasteiger partial charge in [0.05, 0.1) is 25.7 Å². The first-order chi connectivity index (χ1) is 12.1. The van der Waals surface area contributed by atoms with Crippen molar-refractivity contribution in [2.24, 2.45) is 0 Å². The van der Waals surface area contributed by atoms with Crippen LogP contribution in [0.3, 0.4) is 0 Å². The van der Waals surface area contributed by atoms with Gasteiger partial charge < -0.3 is 19.2 Å². The van der Waals surface area contributed by atoms with Crippen LogP contribution in [0.5, 0.6) is 11.5 Å². The average Bonchev–Trinajstić information content (AvgIpc) is 3.02. The van der Waals surface area contributed by atoms with E-state index in [0.29, 0.717) is 22.4 Å². The van der Waals surface area contributed by atoms with Crippen LogP contribution in [0.25, 0.3) is 11.1 Å². The van der Waals surface area contributed by atoms with Crippen LogP contribution in [0.4, 0.5) is 5.69 Å². The van der Waals surface area contributed by atoms with Crippen molar-refractivity contribution in [1.29, 1.82) is 0 Å². The summed E-state index contributed by atoms with van der Waals surface area (Å²) in [5.41, 5.74) is 3.16. The maximum absolute atomic E-state index is 12.2. The number of hydrogen-bond donors (Lipinski definition) is 1. The molecule has 0 fully saturated rings. The number of methoxy groups -OCH3 is 2. The average molecular weight is 358 g/mol. The highest BCUT2D eigenvalue weighted by Gasteiger charge is 2.12. The van der Waals surface area contributed by atoms with E-state index in [0.717, 1.165) is 16.7 Å².